The second-order valence-electron chi connectivity index (χ2n) is 5.50. The maximum absolute atomic E-state index is 12.9. The molecule has 1 aliphatic rings. The van der Waals surface area contributed by atoms with Crippen LogP contribution in [0.4, 0.5) is 0 Å². The number of amides is 1. The van der Waals surface area contributed by atoms with Crippen LogP contribution in [-0.2, 0) is 9.53 Å². The lowest BCUT2D eigenvalue weighted by Crippen LogP contribution is -2.55. The Labute approximate surface area is 120 Å². The van der Waals surface area contributed by atoms with Crippen LogP contribution < -0.4 is 5.73 Å². The lowest BCUT2D eigenvalue weighted by atomic mass is 9.76. The molecule has 1 amide bonds. The van der Waals surface area contributed by atoms with E-state index >= 15 is 0 Å². The Kier molecular flexibility index (Phi) is 6.26. The van der Waals surface area contributed by atoms with Gasteiger partial charge in [0.15, 0.2) is 5.84 Å². The van der Waals surface area contributed by atoms with E-state index in [4.69, 9.17) is 15.7 Å². The minimum absolute atomic E-state index is 0.0287. The highest BCUT2D eigenvalue weighted by atomic mass is 16.5. The van der Waals surface area contributed by atoms with Crippen LogP contribution in [-0.4, -0.2) is 47.7 Å². The number of oxime groups is 1. The molecule has 1 atom stereocenters. The third kappa shape index (κ3) is 3.42. The normalized spacial score (nSPS) is 21.1. The van der Waals surface area contributed by atoms with Gasteiger partial charge in [-0.25, -0.2) is 0 Å². The number of amidine groups is 1. The van der Waals surface area contributed by atoms with Gasteiger partial charge in [-0.1, -0.05) is 31.8 Å². The first kappa shape index (κ1) is 16.8. The van der Waals surface area contributed by atoms with E-state index in [1.165, 1.54) is 0 Å². The van der Waals surface area contributed by atoms with E-state index in [0.29, 0.717) is 32.5 Å². The zero-order valence-electron chi connectivity index (χ0n) is 12.8. The van der Waals surface area contributed by atoms with Gasteiger partial charge in [0.05, 0.1) is 12.7 Å². The summed E-state index contributed by atoms with van der Waals surface area (Å²) in [6.45, 7) is 7.63. The van der Waals surface area contributed by atoms with Crippen molar-refractivity contribution in [2.45, 2.75) is 52.6 Å². The maximum atomic E-state index is 12.9. The van der Waals surface area contributed by atoms with Crippen molar-refractivity contribution in [1.82, 2.24) is 4.90 Å². The number of carbonyl (C=O) groups is 1. The van der Waals surface area contributed by atoms with Crippen molar-refractivity contribution >= 4 is 11.7 Å². The van der Waals surface area contributed by atoms with Crippen molar-refractivity contribution in [3.8, 4) is 0 Å². The van der Waals surface area contributed by atoms with Crippen molar-refractivity contribution in [2.75, 3.05) is 19.7 Å². The summed E-state index contributed by atoms with van der Waals surface area (Å²) in [6.07, 6.45) is 2.84. The summed E-state index contributed by atoms with van der Waals surface area (Å²) in [5.41, 5.74) is 5.01. The third-order valence-electron chi connectivity index (χ3n) is 3.89. The summed E-state index contributed by atoms with van der Waals surface area (Å²) < 4.78 is 5.47. The van der Waals surface area contributed by atoms with Gasteiger partial charge in [0, 0.05) is 13.1 Å². The molecular formula is C14H27N3O3. The summed E-state index contributed by atoms with van der Waals surface area (Å²) >= 11 is 0. The molecule has 1 aliphatic heterocycles. The molecule has 0 saturated carbocycles. The largest absolute Gasteiger partial charge is 0.409 e. The Hall–Kier alpha value is -1.30. The van der Waals surface area contributed by atoms with Gasteiger partial charge in [0.2, 0.25) is 5.91 Å². The van der Waals surface area contributed by atoms with E-state index in [0.717, 1.165) is 12.8 Å². The second kappa shape index (κ2) is 7.47. The second-order valence-corrected chi connectivity index (χ2v) is 5.50. The molecule has 1 unspecified atom stereocenters. The number of hydrogen-bond donors (Lipinski definition) is 2. The Morgan fingerprint density at radius 2 is 2.05 bits per heavy atom. The fourth-order valence-corrected chi connectivity index (χ4v) is 2.96. The zero-order chi connectivity index (χ0) is 15.2. The molecule has 0 aliphatic carbocycles. The van der Waals surface area contributed by atoms with E-state index in [9.17, 15) is 4.79 Å². The number of morpholine rings is 1. The first-order chi connectivity index (χ1) is 9.51. The van der Waals surface area contributed by atoms with Crippen LogP contribution in [0.15, 0.2) is 5.16 Å². The van der Waals surface area contributed by atoms with Crippen LogP contribution in [0.3, 0.4) is 0 Å². The summed E-state index contributed by atoms with van der Waals surface area (Å²) in [6, 6.07) is 0. The number of rotatable bonds is 6. The maximum Gasteiger partial charge on any atom is 0.236 e. The Morgan fingerprint density at radius 3 is 2.50 bits per heavy atom. The summed E-state index contributed by atoms with van der Waals surface area (Å²) in [5.74, 6) is -0.00278. The highest BCUT2D eigenvalue weighted by Gasteiger charge is 2.44. The van der Waals surface area contributed by atoms with Gasteiger partial charge in [0.25, 0.3) is 0 Å². The van der Waals surface area contributed by atoms with E-state index in [-0.39, 0.29) is 17.8 Å². The lowest BCUT2D eigenvalue weighted by molar-refractivity contribution is -0.146. The average molecular weight is 285 g/mol. The lowest BCUT2D eigenvalue weighted by Gasteiger charge is -2.39. The topological polar surface area (TPSA) is 88.2 Å². The number of nitrogens with zero attached hydrogens (tertiary/aromatic N) is 2. The predicted molar refractivity (Wildman–Crippen MR) is 77.7 cm³/mol. The van der Waals surface area contributed by atoms with Crippen LogP contribution in [0.25, 0.3) is 0 Å². The van der Waals surface area contributed by atoms with Crippen molar-refractivity contribution in [1.29, 1.82) is 0 Å². The molecule has 6 nitrogen and oxygen atoms in total. The monoisotopic (exact) mass is 285 g/mol. The van der Waals surface area contributed by atoms with Crippen LogP contribution in [0, 0.1) is 5.41 Å². The fourth-order valence-electron chi connectivity index (χ4n) is 2.96. The van der Waals surface area contributed by atoms with E-state index < -0.39 is 5.41 Å². The quantitative estimate of drug-likeness (QED) is 0.335. The Bertz CT molecular complexity index is 352. The van der Waals surface area contributed by atoms with Gasteiger partial charge in [-0.15, -0.1) is 0 Å². The van der Waals surface area contributed by atoms with E-state index in [1.54, 1.807) is 4.90 Å². The SMILES string of the molecule is CCCC(CCC)(C(=O)N1CCOC(C)C1)C(N)=NO. The first-order valence-electron chi connectivity index (χ1n) is 7.40. The van der Waals surface area contributed by atoms with Crippen molar-refractivity contribution in [2.24, 2.45) is 16.3 Å². The molecule has 1 saturated heterocycles. The number of nitrogens with two attached hydrogens (primary N) is 1. The van der Waals surface area contributed by atoms with Crippen LogP contribution in [0.1, 0.15) is 46.5 Å². The summed E-state index contributed by atoms with van der Waals surface area (Å²) in [5, 5.41) is 12.2. The standard InChI is InChI=1S/C14H27N3O3/c1-4-6-14(7-5-2,12(15)16-19)13(18)17-8-9-20-11(3)10-17/h11,19H,4-10H2,1-3H3,(H2,15,16). The molecule has 0 bridgehead atoms. The average Bonchev–Trinajstić information content (AvgIpc) is 2.45. The number of ether oxygens (including phenoxy) is 1. The molecule has 1 rings (SSSR count). The summed E-state index contributed by atoms with van der Waals surface area (Å²) in [4.78, 5) is 14.7. The molecular weight excluding hydrogens is 258 g/mol. The van der Waals surface area contributed by atoms with Crippen molar-refractivity contribution < 1.29 is 14.7 Å². The van der Waals surface area contributed by atoms with E-state index in [2.05, 4.69) is 5.16 Å². The Morgan fingerprint density at radius 1 is 1.45 bits per heavy atom. The van der Waals surface area contributed by atoms with Crippen LogP contribution in [0.5, 0.6) is 0 Å². The van der Waals surface area contributed by atoms with Crippen LogP contribution in [0.2, 0.25) is 0 Å². The van der Waals surface area contributed by atoms with Gasteiger partial charge >= 0.3 is 0 Å². The van der Waals surface area contributed by atoms with Crippen molar-refractivity contribution in [3.05, 3.63) is 0 Å². The molecule has 0 radical (unpaired) electrons. The highest BCUT2D eigenvalue weighted by Crippen LogP contribution is 2.33. The molecule has 0 aromatic carbocycles. The third-order valence-corrected chi connectivity index (χ3v) is 3.89. The smallest absolute Gasteiger partial charge is 0.236 e. The molecule has 20 heavy (non-hydrogen) atoms. The molecule has 6 heteroatoms. The fraction of sp³-hybridized carbons (Fsp3) is 0.857. The molecule has 116 valence electrons. The minimum Gasteiger partial charge on any atom is -0.409 e. The minimum atomic E-state index is -0.880. The molecule has 0 spiro atoms. The van der Waals surface area contributed by atoms with Crippen molar-refractivity contribution in [3.63, 3.8) is 0 Å². The van der Waals surface area contributed by atoms with Gasteiger partial charge in [-0.05, 0) is 19.8 Å². The molecule has 0 aromatic rings. The molecule has 1 heterocycles. The van der Waals surface area contributed by atoms with E-state index in [1.807, 2.05) is 20.8 Å². The van der Waals surface area contributed by atoms with Gasteiger partial charge in [-0.3, -0.25) is 4.79 Å². The first-order valence-corrected chi connectivity index (χ1v) is 7.40. The molecule has 3 N–H and O–H groups in total. The Balaban J connectivity index is 3.04. The zero-order valence-corrected chi connectivity index (χ0v) is 12.8. The van der Waals surface area contributed by atoms with Gasteiger partial charge in [0.1, 0.15) is 5.41 Å². The van der Waals surface area contributed by atoms with Gasteiger partial charge in [-0.2, -0.15) is 0 Å². The number of carbonyl (C=O) groups excluding carboxylic acids is 1. The molecule has 1 fully saturated rings. The van der Waals surface area contributed by atoms with Crippen LogP contribution >= 0.6 is 0 Å². The van der Waals surface area contributed by atoms with Gasteiger partial charge < -0.3 is 20.6 Å². The highest BCUT2D eigenvalue weighted by molar-refractivity contribution is 6.06. The predicted octanol–water partition coefficient (Wildman–Crippen LogP) is 1.57. The molecule has 0 aromatic heterocycles. The summed E-state index contributed by atoms with van der Waals surface area (Å²) in [7, 11) is 0. The number of hydrogen-bond acceptors (Lipinski definition) is 4.